The molecule has 0 aliphatic carbocycles. The molecule has 3 rings (SSSR count). The molecular formula is C22H35IN6O3. The Morgan fingerprint density at radius 2 is 1.72 bits per heavy atom. The number of aromatic nitrogens is 2. The van der Waals surface area contributed by atoms with Gasteiger partial charge in [0.2, 0.25) is 5.75 Å². The average molecular weight is 558 g/mol. The fourth-order valence-electron chi connectivity index (χ4n) is 3.81. The van der Waals surface area contributed by atoms with Crippen molar-refractivity contribution in [2.45, 2.75) is 20.0 Å². The average Bonchev–Trinajstić information content (AvgIpc) is 3.21. The van der Waals surface area contributed by atoms with E-state index >= 15 is 0 Å². The van der Waals surface area contributed by atoms with Gasteiger partial charge in [-0.05, 0) is 30.2 Å². The molecule has 0 atom stereocenters. The number of hydrogen-bond donors (Lipinski definition) is 1. The Bertz CT molecular complexity index is 855. The standard InChI is InChI=1S/C22H34N6O3.HI/c1-17-14-25-28(15-17)7-6-24-22(23-2)27-10-8-26(9-11-27)16-18-12-19(29-3)21(31-5)20(13-18)30-4;/h12-15H,6-11,16H2,1-5H3,(H,23,24);1H. The normalized spacial score (nSPS) is 14.7. The van der Waals surface area contributed by atoms with E-state index in [1.54, 1.807) is 21.3 Å². The molecule has 1 N–H and O–H groups in total. The molecule has 178 valence electrons. The van der Waals surface area contributed by atoms with Gasteiger partial charge in [0.1, 0.15) is 0 Å². The van der Waals surface area contributed by atoms with Crippen molar-refractivity contribution in [3.8, 4) is 17.2 Å². The van der Waals surface area contributed by atoms with Crippen molar-refractivity contribution < 1.29 is 14.2 Å². The molecule has 0 saturated carbocycles. The van der Waals surface area contributed by atoms with Gasteiger partial charge in [0, 0.05) is 52.5 Å². The number of rotatable bonds is 8. The molecular weight excluding hydrogens is 523 g/mol. The van der Waals surface area contributed by atoms with Gasteiger partial charge in [0.25, 0.3) is 0 Å². The second-order valence-corrected chi connectivity index (χ2v) is 7.55. The third-order valence-corrected chi connectivity index (χ3v) is 5.40. The second kappa shape index (κ2) is 12.7. The summed E-state index contributed by atoms with van der Waals surface area (Å²) >= 11 is 0. The number of nitrogens with one attached hydrogen (secondary N) is 1. The summed E-state index contributed by atoms with van der Waals surface area (Å²) < 4.78 is 18.3. The van der Waals surface area contributed by atoms with Crippen LogP contribution >= 0.6 is 24.0 Å². The minimum Gasteiger partial charge on any atom is -0.493 e. The Hall–Kier alpha value is -2.21. The fourth-order valence-corrected chi connectivity index (χ4v) is 3.81. The molecule has 0 spiro atoms. The van der Waals surface area contributed by atoms with E-state index in [-0.39, 0.29) is 24.0 Å². The summed E-state index contributed by atoms with van der Waals surface area (Å²) in [5.74, 6) is 2.94. The Balaban J connectivity index is 0.00000363. The number of ether oxygens (including phenoxy) is 3. The van der Waals surface area contributed by atoms with E-state index < -0.39 is 0 Å². The van der Waals surface area contributed by atoms with E-state index in [4.69, 9.17) is 14.2 Å². The van der Waals surface area contributed by atoms with Crippen LogP contribution in [0.2, 0.25) is 0 Å². The fraction of sp³-hybridized carbons (Fsp3) is 0.545. The van der Waals surface area contributed by atoms with Crippen LogP contribution in [0, 0.1) is 6.92 Å². The molecule has 0 bridgehead atoms. The van der Waals surface area contributed by atoms with Gasteiger partial charge >= 0.3 is 0 Å². The summed E-state index contributed by atoms with van der Waals surface area (Å²) in [6, 6.07) is 4.04. The van der Waals surface area contributed by atoms with Crippen molar-refractivity contribution in [1.29, 1.82) is 0 Å². The Kier molecular flexibility index (Phi) is 10.4. The quantitative estimate of drug-likeness (QED) is 0.303. The summed E-state index contributed by atoms with van der Waals surface area (Å²) in [5.41, 5.74) is 2.31. The largest absolute Gasteiger partial charge is 0.493 e. The molecule has 0 radical (unpaired) electrons. The van der Waals surface area contributed by atoms with E-state index in [0.717, 1.165) is 57.3 Å². The minimum absolute atomic E-state index is 0. The Morgan fingerprint density at radius 3 is 2.22 bits per heavy atom. The summed E-state index contributed by atoms with van der Waals surface area (Å²) in [4.78, 5) is 9.19. The van der Waals surface area contributed by atoms with Gasteiger partial charge in [-0.2, -0.15) is 5.10 Å². The highest BCUT2D eigenvalue weighted by molar-refractivity contribution is 14.0. The number of guanidine groups is 1. The number of aryl methyl sites for hydroxylation is 1. The zero-order chi connectivity index (χ0) is 22.2. The highest BCUT2D eigenvalue weighted by Gasteiger charge is 2.21. The van der Waals surface area contributed by atoms with E-state index in [9.17, 15) is 0 Å². The first kappa shape index (κ1) is 26.0. The van der Waals surface area contributed by atoms with Gasteiger partial charge in [-0.3, -0.25) is 14.6 Å². The number of piperazine rings is 1. The summed E-state index contributed by atoms with van der Waals surface area (Å²) in [7, 11) is 6.75. The predicted octanol–water partition coefficient (Wildman–Crippen LogP) is 2.23. The van der Waals surface area contributed by atoms with Crippen molar-refractivity contribution >= 4 is 29.9 Å². The van der Waals surface area contributed by atoms with E-state index in [0.29, 0.717) is 17.2 Å². The lowest BCUT2D eigenvalue weighted by atomic mass is 10.1. The van der Waals surface area contributed by atoms with Crippen LogP contribution in [0.15, 0.2) is 29.5 Å². The molecule has 10 heteroatoms. The molecule has 1 aromatic carbocycles. The topological polar surface area (TPSA) is 76.4 Å². The summed E-state index contributed by atoms with van der Waals surface area (Å²) in [6.45, 7) is 8.23. The molecule has 2 aromatic rings. The third kappa shape index (κ3) is 6.64. The Morgan fingerprint density at radius 1 is 1.06 bits per heavy atom. The van der Waals surface area contributed by atoms with Crippen molar-refractivity contribution in [2.24, 2.45) is 4.99 Å². The highest BCUT2D eigenvalue weighted by atomic mass is 127. The first-order valence-corrected chi connectivity index (χ1v) is 10.5. The number of methoxy groups -OCH3 is 3. The van der Waals surface area contributed by atoms with Gasteiger partial charge in [-0.1, -0.05) is 0 Å². The van der Waals surface area contributed by atoms with Gasteiger partial charge in [0.15, 0.2) is 17.5 Å². The molecule has 1 saturated heterocycles. The van der Waals surface area contributed by atoms with Gasteiger partial charge in [0.05, 0.1) is 34.1 Å². The monoisotopic (exact) mass is 558 g/mol. The SMILES string of the molecule is CN=C(NCCn1cc(C)cn1)N1CCN(Cc2cc(OC)c(OC)c(OC)c2)CC1.I. The third-order valence-electron chi connectivity index (χ3n) is 5.40. The van der Waals surface area contributed by atoms with Crippen LogP contribution < -0.4 is 19.5 Å². The molecule has 1 aromatic heterocycles. The number of benzene rings is 1. The first-order chi connectivity index (χ1) is 15.1. The molecule has 32 heavy (non-hydrogen) atoms. The predicted molar refractivity (Wildman–Crippen MR) is 137 cm³/mol. The first-order valence-electron chi connectivity index (χ1n) is 10.5. The van der Waals surface area contributed by atoms with E-state index in [2.05, 4.69) is 25.2 Å². The molecule has 9 nitrogen and oxygen atoms in total. The van der Waals surface area contributed by atoms with Crippen LogP contribution in [0.25, 0.3) is 0 Å². The highest BCUT2D eigenvalue weighted by Crippen LogP contribution is 2.38. The van der Waals surface area contributed by atoms with E-state index in [1.165, 1.54) is 5.56 Å². The molecule has 0 amide bonds. The van der Waals surface area contributed by atoms with Crippen LogP contribution in [-0.2, 0) is 13.1 Å². The van der Waals surface area contributed by atoms with Crippen LogP contribution in [0.3, 0.4) is 0 Å². The van der Waals surface area contributed by atoms with Gasteiger partial charge < -0.3 is 24.4 Å². The van der Waals surface area contributed by atoms with Crippen molar-refractivity contribution in [2.75, 3.05) is 61.1 Å². The maximum absolute atomic E-state index is 5.48. The number of hydrogen-bond acceptors (Lipinski definition) is 6. The lowest BCUT2D eigenvalue weighted by Crippen LogP contribution is -2.52. The zero-order valence-corrected chi connectivity index (χ0v) is 22.0. The molecule has 1 fully saturated rings. The van der Waals surface area contributed by atoms with Crippen molar-refractivity contribution in [3.63, 3.8) is 0 Å². The maximum atomic E-state index is 5.48. The summed E-state index contributed by atoms with van der Waals surface area (Å²) in [5, 5.41) is 7.78. The molecule has 0 unspecified atom stereocenters. The van der Waals surface area contributed by atoms with Crippen LogP contribution in [0.4, 0.5) is 0 Å². The van der Waals surface area contributed by atoms with Gasteiger partial charge in [-0.15, -0.1) is 24.0 Å². The maximum Gasteiger partial charge on any atom is 0.203 e. The van der Waals surface area contributed by atoms with E-state index in [1.807, 2.05) is 43.2 Å². The molecule has 1 aliphatic rings. The number of nitrogens with zero attached hydrogens (tertiary/aromatic N) is 5. The minimum atomic E-state index is 0. The smallest absolute Gasteiger partial charge is 0.203 e. The lowest BCUT2D eigenvalue weighted by Gasteiger charge is -2.36. The number of aliphatic imine (C=N–C) groups is 1. The summed E-state index contributed by atoms with van der Waals surface area (Å²) in [6.07, 6.45) is 3.93. The molecule has 2 heterocycles. The Labute approximate surface area is 207 Å². The van der Waals surface area contributed by atoms with Gasteiger partial charge in [-0.25, -0.2) is 0 Å². The molecule has 1 aliphatic heterocycles. The second-order valence-electron chi connectivity index (χ2n) is 7.55. The van der Waals surface area contributed by atoms with Crippen LogP contribution in [-0.4, -0.2) is 86.6 Å². The van der Waals surface area contributed by atoms with Crippen molar-refractivity contribution in [3.05, 3.63) is 35.7 Å². The van der Waals surface area contributed by atoms with Crippen LogP contribution in [0.5, 0.6) is 17.2 Å². The van der Waals surface area contributed by atoms with Crippen LogP contribution in [0.1, 0.15) is 11.1 Å². The lowest BCUT2D eigenvalue weighted by molar-refractivity contribution is 0.172. The number of halogens is 1. The van der Waals surface area contributed by atoms with Crippen molar-refractivity contribution in [1.82, 2.24) is 24.9 Å². The zero-order valence-electron chi connectivity index (χ0n) is 19.6.